The Morgan fingerprint density at radius 3 is 3.19 bits per heavy atom. The average Bonchev–Trinajstić information content (AvgIpc) is 2.80. The molecule has 2 rings (SSSR count). The number of ether oxygens (including phenoxy) is 1. The highest BCUT2D eigenvalue weighted by molar-refractivity contribution is 5.13. The van der Waals surface area contributed by atoms with Crippen molar-refractivity contribution in [2.24, 2.45) is 5.73 Å². The van der Waals surface area contributed by atoms with Gasteiger partial charge in [0, 0.05) is 18.6 Å². The molecule has 2 N–H and O–H groups in total. The molecule has 0 amide bonds. The van der Waals surface area contributed by atoms with Gasteiger partial charge in [0.25, 0.3) is 0 Å². The van der Waals surface area contributed by atoms with Gasteiger partial charge in [-0.3, -0.25) is 0 Å². The van der Waals surface area contributed by atoms with Gasteiger partial charge in [-0.1, -0.05) is 18.5 Å². The van der Waals surface area contributed by atoms with E-state index in [1.54, 1.807) is 0 Å². The lowest BCUT2D eigenvalue weighted by molar-refractivity contribution is 0.0783. The monoisotopic (exact) mass is 224 g/mol. The van der Waals surface area contributed by atoms with Crippen molar-refractivity contribution >= 4 is 0 Å². The Morgan fingerprint density at radius 2 is 2.50 bits per heavy atom. The molecule has 0 saturated carbocycles. The summed E-state index contributed by atoms with van der Waals surface area (Å²) in [5.74, 6) is 1.20. The molecule has 0 aliphatic carbocycles. The highest BCUT2D eigenvalue weighted by atomic mass is 16.5. The van der Waals surface area contributed by atoms with E-state index in [2.05, 4.69) is 12.1 Å². The highest BCUT2D eigenvalue weighted by Gasteiger charge is 2.21. The number of hydrogen-bond donors (Lipinski definition) is 1. The van der Waals surface area contributed by atoms with Crippen LogP contribution in [0.5, 0.6) is 0 Å². The summed E-state index contributed by atoms with van der Waals surface area (Å²) in [5.41, 5.74) is 6.98. The van der Waals surface area contributed by atoms with Gasteiger partial charge in [-0.05, 0) is 19.3 Å². The molecule has 0 bridgehead atoms. The smallest absolute Gasteiger partial charge is 0.153 e. The molecule has 1 fully saturated rings. The first-order chi connectivity index (χ1) is 7.81. The topological polar surface area (TPSA) is 61.3 Å². The number of hydrogen-bond acceptors (Lipinski definition) is 4. The quantitative estimate of drug-likeness (QED) is 0.852. The normalized spacial score (nSPS) is 23.2. The third-order valence-electron chi connectivity index (χ3n) is 3.09. The predicted octanol–water partition coefficient (Wildman–Crippen LogP) is 2.37. The molecule has 1 aliphatic rings. The van der Waals surface area contributed by atoms with Crippen LogP contribution in [0.1, 0.15) is 56.0 Å². The van der Waals surface area contributed by atoms with E-state index < -0.39 is 0 Å². The lowest BCUT2D eigenvalue weighted by Crippen LogP contribution is -2.15. The van der Waals surface area contributed by atoms with Crippen molar-refractivity contribution in [3.63, 3.8) is 0 Å². The largest absolute Gasteiger partial charge is 0.381 e. The Balaban J connectivity index is 2.00. The molecule has 16 heavy (non-hydrogen) atoms. The van der Waals surface area contributed by atoms with Crippen molar-refractivity contribution in [2.75, 3.05) is 13.2 Å². The zero-order chi connectivity index (χ0) is 11.4. The van der Waals surface area contributed by atoms with Gasteiger partial charge in [0.05, 0.1) is 18.3 Å². The summed E-state index contributed by atoms with van der Waals surface area (Å²) in [5, 5.41) is 4.11. The molecule has 1 aromatic heterocycles. The van der Waals surface area contributed by atoms with Gasteiger partial charge in [0.1, 0.15) is 0 Å². The van der Waals surface area contributed by atoms with Crippen molar-refractivity contribution in [1.82, 2.24) is 5.16 Å². The summed E-state index contributed by atoms with van der Waals surface area (Å²) in [7, 11) is 0. The fraction of sp³-hybridized carbons (Fsp3) is 0.750. The average molecular weight is 224 g/mol. The van der Waals surface area contributed by atoms with Gasteiger partial charge in [0.2, 0.25) is 0 Å². The number of aromatic nitrogens is 1. The molecule has 0 radical (unpaired) electrons. The molecule has 1 aromatic rings. The van der Waals surface area contributed by atoms with E-state index in [0.29, 0.717) is 5.92 Å². The van der Waals surface area contributed by atoms with Crippen LogP contribution in [0.3, 0.4) is 0 Å². The first-order valence-electron chi connectivity index (χ1n) is 6.11. The third kappa shape index (κ3) is 2.62. The van der Waals surface area contributed by atoms with Gasteiger partial charge in [-0.25, -0.2) is 0 Å². The minimum absolute atomic E-state index is 0.0178. The SMILES string of the molecule is CCCC(N)c1cc(C2CCCOC2)no1. The van der Waals surface area contributed by atoms with Crippen molar-refractivity contribution in [3.05, 3.63) is 17.5 Å². The second-order valence-corrected chi connectivity index (χ2v) is 4.46. The van der Waals surface area contributed by atoms with Crippen LogP contribution in [-0.2, 0) is 4.74 Å². The van der Waals surface area contributed by atoms with Crippen LogP contribution < -0.4 is 5.73 Å². The van der Waals surface area contributed by atoms with Gasteiger partial charge in [-0.2, -0.15) is 0 Å². The lowest BCUT2D eigenvalue weighted by atomic mass is 9.98. The maximum absolute atomic E-state index is 5.98. The van der Waals surface area contributed by atoms with Crippen LogP contribution in [0, 0.1) is 0 Å². The van der Waals surface area contributed by atoms with Crippen molar-refractivity contribution in [3.8, 4) is 0 Å². The fourth-order valence-electron chi connectivity index (χ4n) is 2.10. The van der Waals surface area contributed by atoms with E-state index in [4.69, 9.17) is 15.0 Å². The summed E-state index contributed by atoms with van der Waals surface area (Å²) in [6.45, 7) is 3.75. The maximum Gasteiger partial charge on any atom is 0.153 e. The van der Waals surface area contributed by atoms with E-state index in [1.165, 1.54) is 0 Å². The molecular weight excluding hydrogens is 204 g/mol. The van der Waals surface area contributed by atoms with E-state index in [1.807, 2.05) is 6.07 Å². The molecule has 4 nitrogen and oxygen atoms in total. The Kier molecular flexibility index (Phi) is 3.96. The molecule has 0 spiro atoms. The summed E-state index contributed by atoms with van der Waals surface area (Å²) < 4.78 is 10.7. The molecule has 90 valence electrons. The van der Waals surface area contributed by atoms with Crippen LogP contribution >= 0.6 is 0 Å². The highest BCUT2D eigenvalue weighted by Crippen LogP contribution is 2.27. The van der Waals surface area contributed by atoms with E-state index in [-0.39, 0.29) is 6.04 Å². The first kappa shape index (κ1) is 11.6. The molecule has 2 heterocycles. The van der Waals surface area contributed by atoms with E-state index >= 15 is 0 Å². The minimum atomic E-state index is -0.0178. The Hall–Kier alpha value is -0.870. The second-order valence-electron chi connectivity index (χ2n) is 4.46. The predicted molar refractivity (Wildman–Crippen MR) is 61.1 cm³/mol. The zero-order valence-electron chi connectivity index (χ0n) is 9.82. The van der Waals surface area contributed by atoms with Crippen LogP contribution in [-0.4, -0.2) is 18.4 Å². The number of rotatable bonds is 4. The van der Waals surface area contributed by atoms with E-state index in [0.717, 1.165) is 50.4 Å². The summed E-state index contributed by atoms with van der Waals surface area (Å²) >= 11 is 0. The number of nitrogens with zero attached hydrogens (tertiary/aromatic N) is 1. The van der Waals surface area contributed by atoms with Gasteiger partial charge >= 0.3 is 0 Å². The molecular formula is C12H20N2O2. The lowest BCUT2D eigenvalue weighted by Gasteiger charge is -2.19. The Bertz CT molecular complexity index is 319. The summed E-state index contributed by atoms with van der Waals surface area (Å²) in [6.07, 6.45) is 4.24. The summed E-state index contributed by atoms with van der Waals surface area (Å²) in [4.78, 5) is 0. The number of nitrogens with two attached hydrogens (primary N) is 1. The van der Waals surface area contributed by atoms with Crippen LogP contribution in [0.4, 0.5) is 0 Å². The van der Waals surface area contributed by atoms with Crippen molar-refractivity contribution in [2.45, 2.75) is 44.6 Å². The molecule has 1 aliphatic heterocycles. The third-order valence-corrected chi connectivity index (χ3v) is 3.09. The van der Waals surface area contributed by atoms with Gasteiger partial charge in [0.15, 0.2) is 5.76 Å². The molecule has 4 heteroatoms. The Morgan fingerprint density at radius 1 is 1.62 bits per heavy atom. The van der Waals surface area contributed by atoms with Gasteiger partial charge < -0.3 is 15.0 Å². The minimum Gasteiger partial charge on any atom is -0.381 e. The Labute approximate surface area is 96.1 Å². The molecule has 2 atom stereocenters. The zero-order valence-corrected chi connectivity index (χ0v) is 9.82. The van der Waals surface area contributed by atoms with Gasteiger partial charge in [-0.15, -0.1) is 0 Å². The molecule has 2 unspecified atom stereocenters. The van der Waals surface area contributed by atoms with Crippen LogP contribution in [0.15, 0.2) is 10.6 Å². The standard InChI is InChI=1S/C12H20N2O2/c1-2-4-10(13)12-7-11(14-16-12)9-5-3-6-15-8-9/h7,9-10H,2-6,8,13H2,1H3. The van der Waals surface area contributed by atoms with Crippen LogP contribution in [0.2, 0.25) is 0 Å². The maximum atomic E-state index is 5.98. The second kappa shape index (κ2) is 5.46. The van der Waals surface area contributed by atoms with Crippen molar-refractivity contribution < 1.29 is 9.26 Å². The summed E-state index contributed by atoms with van der Waals surface area (Å²) in [6, 6.07) is 1.98. The first-order valence-corrected chi connectivity index (χ1v) is 6.11. The van der Waals surface area contributed by atoms with Crippen LogP contribution in [0.25, 0.3) is 0 Å². The fourth-order valence-corrected chi connectivity index (χ4v) is 2.10. The van der Waals surface area contributed by atoms with E-state index in [9.17, 15) is 0 Å². The molecule has 0 aromatic carbocycles. The molecule has 1 saturated heterocycles. The van der Waals surface area contributed by atoms with Crippen molar-refractivity contribution in [1.29, 1.82) is 0 Å².